The summed E-state index contributed by atoms with van der Waals surface area (Å²) in [6, 6.07) is 0.401. The van der Waals surface area contributed by atoms with Gasteiger partial charge in [-0.2, -0.15) is 0 Å². The van der Waals surface area contributed by atoms with Crippen molar-refractivity contribution in [1.29, 1.82) is 0 Å². The first-order chi connectivity index (χ1) is 8.09. The van der Waals surface area contributed by atoms with Crippen molar-refractivity contribution in [3.05, 3.63) is 0 Å². The summed E-state index contributed by atoms with van der Waals surface area (Å²) in [6.45, 7) is 7.83. The molecule has 1 aliphatic rings. The van der Waals surface area contributed by atoms with Gasteiger partial charge in [0, 0.05) is 6.04 Å². The maximum atomic E-state index is 9.43. The quantitative estimate of drug-likeness (QED) is 0.749. The molecule has 1 unspecified atom stereocenters. The third kappa shape index (κ3) is 5.36. The van der Waals surface area contributed by atoms with Crippen molar-refractivity contribution < 1.29 is 5.11 Å². The summed E-state index contributed by atoms with van der Waals surface area (Å²) < 4.78 is 0. The zero-order valence-corrected chi connectivity index (χ0v) is 11.6. The number of hydrogen-bond acceptors (Lipinski definition) is 3. The Balaban J connectivity index is 2.32. The molecule has 0 bridgehead atoms. The predicted molar refractivity (Wildman–Crippen MR) is 73.0 cm³/mol. The Hall–Kier alpha value is -0.120. The van der Waals surface area contributed by atoms with Gasteiger partial charge in [0.25, 0.3) is 0 Å². The number of aliphatic hydroxyl groups is 1. The Morgan fingerprint density at radius 1 is 1.29 bits per heavy atom. The molecule has 1 aliphatic heterocycles. The Morgan fingerprint density at radius 2 is 2.06 bits per heavy atom. The molecule has 1 fully saturated rings. The van der Waals surface area contributed by atoms with Gasteiger partial charge in [-0.1, -0.05) is 26.7 Å². The number of aliphatic hydroxyl groups excluding tert-OH is 1. The second-order valence-corrected chi connectivity index (χ2v) is 6.19. The molecule has 0 aromatic carbocycles. The van der Waals surface area contributed by atoms with E-state index in [0.717, 1.165) is 26.1 Å². The minimum Gasteiger partial charge on any atom is -0.395 e. The number of rotatable bonds is 6. The van der Waals surface area contributed by atoms with E-state index in [1.54, 1.807) is 0 Å². The van der Waals surface area contributed by atoms with Crippen LogP contribution in [-0.4, -0.2) is 42.3 Å². The van der Waals surface area contributed by atoms with Crippen LogP contribution < -0.4 is 5.73 Å². The minimum absolute atomic E-state index is 0.264. The number of likely N-dealkylation sites (tertiary alicyclic amines) is 1. The van der Waals surface area contributed by atoms with E-state index in [1.165, 1.54) is 32.1 Å². The Labute approximate surface area is 106 Å². The van der Waals surface area contributed by atoms with E-state index in [1.807, 2.05) is 0 Å². The Bertz CT molecular complexity index is 206. The van der Waals surface area contributed by atoms with Crippen LogP contribution in [0.25, 0.3) is 0 Å². The normalized spacial score (nSPS) is 23.6. The highest BCUT2D eigenvalue weighted by Gasteiger charge is 2.21. The van der Waals surface area contributed by atoms with Crippen molar-refractivity contribution >= 4 is 0 Å². The van der Waals surface area contributed by atoms with Crippen LogP contribution in [0.2, 0.25) is 0 Å². The smallest absolute Gasteiger partial charge is 0.0586 e. The van der Waals surface area contributed by atoms with Crippen molar-refractivity contribution in [1.82, 2.24) is 4.90 Å². The minimum atomic E-state index is 0.264. The largest absolute Gasteiger partial charge is 0.395 e. The van der Waals surface area contributed by atoms with Gasteiger partial charge < -0.3 is 10.8 Å². The first-order valence-corrected chi connectivity index (χ1v) is 7.14. The Morgan fingerprint density at radius 3 is 2.71 bits per heavy atom. The van der Waals surface area contributed by atoms with Gasteiger partial charge >= 0.3 is 0 Å². The lowest BCUT2D eigenvalue weighted by atomic mass is 9.88. The standard InChI is InChI=1S/C14H30N2O/c1-14(2,12-15)8-6-10-16-9-5-3-4-7-13(16)11-17/h13,17H,3-12,15H2,1-2H3. The molecular weight excluding hydrogens is 212 g/mol. The molecule has 102 valence electrons. The van der Waals surface area contributed by atoms with Crippen LogP contribution >= 0.6 is 0 Å². The summed E-state index contributed by atoms with van der Waals surface area (Å²) in [7, 11) is 0. The number of nitrogens with zero attached hydrogens (tertiary/aromatic N) is 1. The summed E-state index contributed by atoms with van der Waals surface area (Å²) in [6.07, 6.45) is 7.42. The molecule has 3 N–H and O–H groups in total. The van der Waals surface area contributed by atoms with E-state index in [2.05, 4.69) is 18.7 Å². The van der Waals surface area contributed by atoms with Gasteiger partial charge in [-0.3, -0.25) is 4.90 Å². The molecule has 0 aromatic heterocycles. The molecule has 1 heterocycles. The third-order valence-corrected chi connectivity index (χ3v) is 4.06. The fourth-order valence-corrected chi connectivity index (χ4v) is 2.60. The molecule has 3 nitrogen and oxygen atoms in total. The van der Waals surface area contributed by atoms with Gasteiger partial charge in [0.15, 0.2) is 0 Å². The van der Waals surface area contributed by atoms with E-state index in [9.17, 15) is 5.11 Å². The average Bonchev–Trinajstić information content (AvgIpc) is 2.54. The third-order valence-electron chi connectivity index (χ3n) is 4.06. The molecule has 1 saturated heterocycles. The molecule has 1 atom stereocenters. The summed E-state index contributed by atoms with van der Waals surface area (Å²) in [5.74, 6) is 0. The molecule has 0 radical (unpaired) electrons. The molecule has 17 heavy (non-hydrogen) atoms. The SMILES string of the molecule is CC(C)(CN)CCCN1CCCCCC1CO. The van der Waals surface area contributed by atoms with E-state index in [4.69, 9.17) is 5.73 Å². The van der Waals surface area contributed by atoms with Crippen LogP contribution in [0, 0.1) is 5.41 Å². The van der Waals surface area contributed by atoms with Crippen molar-refractivity contribution in [2.45, 2.75) is 58.4 Å². The zero-order chi connectivity index (χ0) is 12.7. The van der Waals surface area contributed by atoms with Gasteiger partial charge in [-0.15, -0.1) is 0 Å². The highest BCUT2D eigenvalue weighted by molar-refractivity contribution is 4.76. The van der Waals surface area contributed by atoms with Crippen LogP contribution in [0.1, 0.15) is 52.4 Å². The molecule has 0 amide bonds. The second-order valence-electron chi connectivity index (χ2n) is 6.19. The van der Waals surface area contributed by atoms with Crippen LogP contribution in [0.5, 0.6) is 0 Å². The lowest BCUT2D eigenvalue weighted by molar-refractivity contribution is 0.119. The molecule has 0 saturated carbocycles. The maximum Gasteiger partial charge on any atom is 0.0586 e. The second kappa shape index (κ2) is 7.34. The molecule has 0 aromatic rings. The number of nitrogens with two attached hydrogens (primary N) is 1. The summed E-state index contributed by atoms with van der Waals surface area (Å²) in [5, 5.41) is 9.43. The fourth-order valence-electron chi connectivity index (χ4n) is 2.60. The Kier molecular flexibility index (Phi) is 6.45. The number of hydrogen-bond donors (Lipinski definition) is 2. The van der Waals surface area contributed by atoms with Gasteiger partial charge in [0.05, 0.1) is 6.61 Å². The molecular formula is C14H30N2O. The first-order valence-electron chi connectivity index (χ1n) is 7.14. The summed E-state index contributed by atoms with van der Waals surface area (Å²) in [4.78, 5) is 2.49. The zero-order valence-electron chi connectivity index (χ0n) is 11.6. The van der Waals surface area contributed by atoms with E-state index < -0.39 is 0 Å². The monoisotopic (exact) mass is 242 g/mol. The van der Waals surface area contributed by atoms with E-state index in [-0.39, 0.29) is 5.41 Å². The summed E-state index contributed by atoms with van der Waals surface area (Å²) >= 11 is 0. The average molecular weight is 242 g/mol. The maximum absolute atomic E-state index is 9.43. The fraction of sp³-hybridized carbons (Fsp3) is 1.00. The van der Waals surface area contributed by atoms with Crippen molar-refractivity contribution in [3.63, 3.8) is 0 Å². The van der Waals surface area contributed by atoms with Crippen LogP contribution in [0.3, 0.4) is 0 Å². The van der Waals surface area contributed by atoms with Crippen LogP contribution in [-0.2, 0) is 0 Å². The lowest BCUT2D eigenvalue weighted by Gasteiger charge is -2.30. The molecule has 3 heteroatoms. The van der Waals surface area contributed by atoms with E-state index >= 15 is 0 Å². The highest BCUT2D eigenvalue weighted by atomic mass is 16.3. The molecule has 0 aliphatic carbocycles. The first kappa shape index (κ1) is 14.9. The van der Waals surface area contributed by atoms with Gasteiger partial charge in [-0.05, 0) is 50.7 Å². The summed E-state index contributed by atoms with van der Waals surface area (Å²) in [5.41, 5.74) is 6.01. The van der Waals surface area contributed by atoms with Gasteiger partial charge in [0.2, 0.25) is 0 Å². The topological polar surface area (TPSA) is 49.5 Å². The van der Waals surface area contributed by atoms with Crippen LogP contribution in [0.4, 0.5) is 0 Å². The van der Waals surface area contributed by atoms with E-state index in [0.29, 0.717) is 12.6 Å². The van der Waals surface area contributed by atoms with Crippen LogP contribution in [0.15, 0.2) is 0 Å². The molecule has 0 spiro atoms. The predicted octanol–water partition coefficient (Wildman–Crippen LogP) is 1.99. The van der Waals surface area contributed by atoms with Gasteiger partial charge in [-0.25, -0.2) is 0 Å². The van der Waals surface area contributed by atoms with Crippen molar-refractivity contribution in [2.75, 3.05) is 26.2 Å². The molecule has 1 rings (SSSR count). The lowest BCUT2D eigenvalue weighted by Crippen LogP contribution is -2.38. The highest BCUT2D eigenvalue weighted by Crippen LogP contribution is 2.22. The van der Waals surface area contributed by atoms with Crippen molar-refractivity contribution in [3.8, 4) is 0 Å². The van der Waals surface area contributed by atoms with Gasteiger partial charge in [0.1, 0.15) is 0 Å². The van der Waals surface area contributed by atoms with Crippen molar-refractivity contribution in [2.24, 2.45) is 11.1 Å².